The summed E-state index contributed by atoms with van der Waals surface area (Å²) in [5, 5.41) is 0. The minimum absolute atomic E-state index is 0.0806. The van der Waals surface area contributed by atoms with Crippen LogP contribution in [-0.4, -0.2) is 55.5 Å². The second-order valence-corrected chi connectivity index (χ2v) is 11.1. The van der Waals surface area contributed by atoms with Crippen molar-refractivity contribution in [1.29, 1.82) is 0 Å². The van der Waals surface area contributed by atoms with Gasteiger partial charge in [0.25, 0.3) is 5.91 Å². The van der Waals surface area contributed by atoms with E-state index in [4.69, 9.17) is 18.9 Å². The average Bonchev–Trinajstić information content (AvgIpc) is 3.31. The van der Waals surface area contributed by atoms with E-state index in [0.717, 1.165) is 30.6 Å². The summed E-state index contributed by atoms with van der Waals surface area (Å²) in [6, 6.07) is 7.43. The van der Waals surface area contributed by atoms with Crippen LogP contribution in [0.2, 0.25) is 0 Å². The molecule has 0 N–H and O–H groups in total. The van der Waals surface area contributed by atoms with Gasteiger partial charge in [0.15, 0.2) is 0 Å². The summed E-state index contributed by atoms with van der Waals surface area (Å²) in [5.41, 5.74) is 2.36. The standard InChI is InChI=1S/C33H49NO6/c1-8-12-29(21-26(6)14-11-13-24(2)3)40-31(32(35)34-30(25(4)5)23-39-33(34)36)15-9-10-20-38-22-27-16-18-28(37-7)19-17-27/h8-10,13,16-19,25-26,29-31H,1,11-12,14-15,20-23H2,2-7H3/b10-9-/t26-,29-,30+,31+/m0/s1. The lowest BCUT2D eigenvalue weighted by molar-refractivity contribution is -0.146. The minimum Gasteiger partial charge on any atom is -0.497 e. The molecule has 0 bridgehead atoms. The molecule has 1 fully saturated rings. The lowest BCUT2D eigenvalue weighted by Crippen LogP contribution is -2.48. The molecule has 222 valence electrons. The summed E-state index contributed by atoms with van der Waals surface area (Å²) >= 11 is 0. The van der Waals surface area contributed by atoms with Gasteiger partial charge in [-0.25, -0.2) is 9.69 Å². The highest BCUT2D eigenvalue weighted by Gasteiger charge is 2.42. The van der Waals surface area contributed by atoms with Gasteiger partial charge in [-0.1, -0.05) is 62.8 Å². The Morgan fingerprint density at radius 3 is 2.50 bits per heavy atom. The van der Waals surface area contributed by atoms with Gasteiger partial charge in [0.05, 0.1) is 32.5 Å². The Morgan fingerprint density at radius 1 is 1.15 bits per heavy atom. The van der Waals surface area contributed by atoms with Crippen molar-refractivity contribution < 1.29 is 28.5 Å². The van der Waals surface area contributed by atoms with Gasteiger partial charge in [-0.15, -0.1) is 6.58 Å². The fourth-order valence-electron chi connectivity index (χ4n) is 4.65. The molecule has 40 heavy (non-hydrogen) atoms. The van der Waals surface area contributed by atoms with Crippen LogP contribution in [0.1, 0.15) is 72.3 Å². The second-order valence-electron chi connectivity index (χ2n) is 11.1. The monoisotopic (exact) mass is 555 g/mol. The average molecular weight is 556 g/mol. The Bertz CT molecular complexity index is 979. The predicted octanol–water partition coefficient (Wildman–Crippen LogP) is 7.26. The first-order chi connectivity index (χ1) is 19.2. The van der Waals surface area contributed by atoms with Crippen LogP contribution in [0.4, 0.5) is 4.79 Å². The van der Waals surface area contributed by atoms with Crippen molar-refractivity contribution in [2.24, 2.45) is 11.8 Å². The van der Waals surface area contributed by atoms with Crippen LogP contribution in [-0.2, 0) is 25.6 Å². The molecule has 0 unspecified atom stereocenters. The summed E-state index contributed by atoms with van der Waals surface area (Å²) in [5.74, 6) is 0.949. The maximum Gasteiger partial charge on any atom is 0.417 e. The molecule has 2 rings (SSSR count). The van der Waals surface area contributed by atoms with Crippen LogP contribution in [0.5, 0.6) is 5.75 Å². The number of carbonyl (C=O) groups excluding carboxylic acids is 2. The van der Waals surface area contributed by atoms with Crippen LogP contribution in [0.25, 0.3) is 0 Å². The first kappa shape index (κ1) is 33.3. The topological polar surface area (TPSA) is 74.3 Å². The molecule has 1 aromatic rings. The zero-order chi connectivity index (χ0) is 29.5. The largest absolute Gasteiger partial charge is 0.497 e. The summed E-state index contributed by atoms with van der Waals surface area (Å²) in [4.78, 5) is 27.5. The van der Waals surface area contributed by atoms with E-state index < -0.39 is 12.2 Å². The molecule has 0 spiro atoms. The quantitative estimate of drug-likeness (QED) is 0.140. The van der Waals surface area contributed by atoms with Crippen molar-refractivity contribution in [2.45, 2.75) is 91.6 Å². The molecule has 4 atom stereocenters. The number of hydrogen-bond donors (Lipinski definition) is 0. The molecule has 0 saturated carbocycles. The maximum atomic E-state index is 13.7. The molecule has 1 aliphatic heterocycles. The molecule has 1 saturated heterocycles. The molecule has 7 nitrogen and oxygen atoms in total. The Balaban J connectivity index is 2.06. The molecule has 0 radical (unpaired) electrons. The first-order valence-electron chi connectivity index (χ1n) is 14.4. The fourth-order valence-corrected chi connectivity index (χ4v) is 4.65. The van der Waals surface area contributed by atoms with Gasteiger partial charge in [0, 0.05) is 6.42 Å². The van der Waals surface area contributed by atoms with Gasteiger partial charge < -0.3 is 18.9 Å². The van der Waals surface area contributed by atoms with E-state index in [-0.39, 0.29) is 30.6 Å². The number of methoxy groups -OCH3 is 1. The molecule has 1 heterocycles. The van der Waals surface area contributed by atoms with E-state index in [1.807, 2.05) is 56.3 Å². The van der Waals surface area contributed by atoms with Gasteiger partial charge in [0.1, 0.15) is 18.5 Å². The molecular formula is C33H49NO6. The van der Waals surface area contributed by atoms with Crippen LogP contribution in [0.3, 0.4) is 0 Å². The van der Waals surface area contributed by atoms with Gasteiger partial charge in [-0.3, -0.25) is 4.79 Å². The zero-order valence-electron chi connectivity index (χ0n) is 25.3. The SMILES string of the molecule is C=CC[C@@H](C[C@@H](C)CCC=C(C)C)O[C@H](C/C=C\COCc1ccc(OC)cc1)C(=O)N1C(=O)OC[C@@H]1C(C)C. The van der Waals surface area contributed by atoms with E-state index in [9.17, 15) is 9.59 Å². The number of carbonyl (C=O) groups is 2. The van der Waals surface area contributed by atoms with Crippen LogP contribution >= 0.6 is 0 Å². The molecule has 0 aromatic heterocycles. The van der Waals surface area contributed by atoms with E-state index in [1.165, 1.54) is 10.5 Å². The van der Waals surface area contributed by atoms with Crippen LogP contribution in [0.15, 0.2) is 60.7 Å². The highest BCUT2D eigenvalue weighted by molar-refractivity contribution is 5.96. The number of benzene rings is 1. The van der Waals surface area contributed by atoms with Crippen molar-refractivity contribution in [2.75, 3.05) is 20.3 Å². The number of cyclic esters (lactones) is 1. The third kappa shape index (κ3) is 11.3. The normalized spacial score (nSPS) is 17.5. The second kappa shape index (κ2) is 17.7. The van der Waals surface area contributed by atoms with E-state index in [0.29, 0.717) is 32.0 Å². The summed E-state index contributed by atoms with van der Waals surface area (Å²) in [6.07, 6.45) is 10.1. The number of amides is 2. The number of ether oxygens (including phenoxy) is 4. The molecule has 1 aromatic carbocycles. The predicted molar refractivity (Wildman–Crippen MR) is 159 cm³/mol. The third-order valence-corrected chi connectivity index (χ3v) is 7.01. The fraction of sp³-hybridized carbons (Fsp3) is 0.576. The lowest BCUT2D eigenvalue weighted by Gasteiger charge is -2.29. The molecule has 2 amide bonds. The zero-order valence-corrected chi connectivity index (χ0v) is 25.3. The van der Waals surface area contributed by atoms with Crippen molar-refractivity contribution in [3.63, 3.8) is 0 Å². The van der Waals surface area contributed by atoms with Gasteiger partial charge >= 0.3 is 6.09 Å². The van der Waals surface area contributed by atoms with Crippen LogP contribution in [0, 0.1) is 11.8 Å². The van der Waals surface area contributed by atoms with E-state index in [2.05, 4.69) is 33.4 Å². The smallest absolute Gasteiger partial charge is 0.417 e. The Kier molecular flexibility index (Phi) is 14.8. The number of nitrogens with zero attached hydrogens (tertiary/aromatic N) is 1. The molecule has 1 aliphatic rings. The van der Waals surface area contributed by atoms with Crippen molar-refractivity contribution >= 4 is 12.0 Å². The highest BCUT2D eigenvalue weighted by Crippen LogP contribution is 2.25. The Morgan fingerprint density at radius 2 is 1.88 bits per heavy atom. The summed E-state index contributed by atoms with van der Waals surface area (Å²) in [6.45, 7) is 15.4. The first-order valence-corrected chi connectivity index (χ1v) is 14.4. The van der Waals surface area contributed by atoms with Crippen LogP contribution < -0.4 is 4.74 Å². The summed E-state index contributed by atoms with van der Waals surface area (Å²) in [7, 11) is 1.64. The van der Waals surface area contributed by atoms with Gasteiger partial charge in [0.2, 0.25) is 0 Å². The van der Waals surface area contributed by atoms with Crippen molar-refractivity contribution in [3.8, 4) is 5.75 Å². The number of rotatable bonds is 18. The summed E-state index contributed by atoms with van der Waals surface area (Å²) < 4.78 is 22.7. The molecule has 0 aliphatic carbocycles. The Hall–Kier alpha value is -2.90. The lowest BCUT2D eigenvalue weighted by atomic mass is 9.96. The maximum absolute atomic E-state index is 13.7. The van der Waals surface area contributed by atoms with Crippen molar-refractivity contribution in [3.05, 3.63) is 66.3 Å². The number of hydrogen-bond acceptors (Lipinski definition) is 6. The Labute approximate surface area is 241 Å². The van der Waals surface area contributed by atoms with Gasteiger partial charge in [-0.2, -0.15) is 0 Å². The molecule has 7 heteroatoms. The van der Waals surface area contributed by atoms with Gasteiger partial charge in [-0.05, 0) is 69.1 Å². The molecular weight excluding hydrogens is 506 g/mol. The highest BCUT2D eigenvalue weighted by atomic mass is 16.6. The van der Waals surface area contributed by atoms with E-state index in [1.54, 1.807) is 7.11 Å². The van der Waals surface area contributed by atoms with Crippen molar-refractivity contribution in [1.82, 2.24) is 4.90 Å². The number of imide groups is 1. The van der Waals surface area contributed by atoms with E-state index >= 15 is 0 Å². The number of allylic oxidation sites excluding steroid dienone is 2. The minimum atomic E-state index is -0.806. The third-order valence-electron chi connectivity index (χ3n) is 7.01.